The predicted octanol–water partition coefficient (Wildman–Crippen LogP) is 8.62. The summed E-state index contributed by atoms with van der Waals surface area (Å²) in [7, 11) is 0. The molecule has 2 aromatic heterocycles. The Kier molecular flexibility index (Phi) is 5.81. The molecule has 0 saturated heterocycles. The van der Waals surface area contributed by atoms with Crippen LogP contribution in [0.5, 0.6) is 0 Å². The predicted molar refractivity (Wildman–Crippen MR) is 132 cm³/mol. The van der Waals surface area contributed by atoms with Crippen LogP contribution in [-0.2, 0) is 0 Å². The van der Waals surface area contributed by atoms with Gasteiger partial charge in [-0.25, -0.2) is 4.98 Å². The number of benzene rings is 3. The van der Waals surface area contributed by atoms with Gasteiger partial charge >= 0.3 is 0 Å². The average molecular weight is 518 g/mol. The van der Waals surface area contributed by atoms with Gasteiger partial charge in [-0.3, -0.25) is 4.79 Å². The SMILES string of the molecule is O=C(Nc1cc(-c2nc3cc(Cl)ccc3o2)ccc1Cl)c1ccc(-c2ccc(Cl)cc2Cl)o1. The number of furan rings is 1. The molecule has 1 N–H and O–H groups in total. The van der Waals surface area contributed by atoms with Gasteiger partial charge in [0.05, 0.1) is 15.7 Å². The number of rotatable bonds is 4. The van der Waals surface area contributed by atoms with Crippen LogP contribution in [0.15, 0.2) is 75.6 Å². The van der Waals surface area contributed by atoms with Gasteiger partial charge in [-0.1, -0.05) is 46.4 Å². The Hall–Kier alpha value is -2.96. The van der Waals surface area contributed by atoms with Crippen molar-refractivity contribution in [3.63, 3.8) is 0 Å². The largest absolute Gasteiger partial charge is 0.451 e. The molecule has 5 rings (SSSR count). The van der Waals surface area contributed by atoms with Crippen molar-refractivity contribution < 1.29 is 13.6 Å². The van der Waals surface area contributed by atoms with Gasteiger partial charge in [0.15, 0.2) is 11.3 Å². The van der Waals surface area contributed by atoms with E-state index in [1.54, 1.807) is 66.7 Å². The number of carbonyl (C=O) groups excluding carboxylic acids is 1. The molecule has 0 unspecified atom stereocenters. The normalized spacial score (nSPS) is 11.2. The number of fused-ring (bicyclic) bond motifs is 1. The fraction of sp³-hybridized carbons (Fsp3) is 0. The molecule has 0 fully saturated rings. The molecule has 0 radical (unpaired) electrons. The number of nitrogens with one attached hydrogen (secondary N) is 1. The zero-order valence-electron chi connectivity index (χ0n) is 16.5. The topological polar surface area (TPSA) is 68.3 Å². The summed E-state index contributed by atoms with van der Waals surface area (Å²) in [5.41, 5.74) is 2.86. The number of oxazole rings is 1. The van der Waals surface area contributed by atoms with E-state index in [1.165, 1.54) is 0 Å². The molecule has 9 heteroatoms. The van der Waals surface area contributed by atoms with Crippen LogP contribution in [0.4, 0.5) is 5.69 Å². The molecule has 0 atom stereocenters. The maximum absolute atomic E-state index is 12.8. The fourth-order valence-electron chi connectivity index (χ4n) is 3.26. The molecule has 0 aliphatic carbocycles. The molecule has 33 heavy (non-hydrogen) atoms. The monoisotopic (exact) mass is 516 g/mol. The first-order chi connectivity index (χ1) is 15.9. The third-order valence-electron chi connectivity index (χ3n) is 4.84. The summed E-state index contributed by atoms with van der Waals surface area (Å²) in [5, 5.41) is 4.58. The minimum Gasteiger partial charge on any atom is -0.451 e. The summed E-state index contributed by atoms with van der Waals surface area (Å²) in [4.78, 5) is 17.3. The highest BCUT2D eigenvalue weighted by atomic mass is 35.5. The summed E-state index contributed by atoms with van der Waals surface area (Å²) in [5.74, 6) is 0.424. The highest BCUT2D eigenvalue weighted by Crippen LogP contribution is 2.33. The van der Waals surface area contributed by atoms with E-state index >= 15 is 0 Å². The molecule has 0 bridgehead atoms. The van der Waals surface area contributed by atoms with Crippen molar-refractivity contribution in [3.8, 4) is 22.8 Å². The van der Waals surface area contributed by atoms with E-state index in [9.17, 15) is 4.79 Å². The second-order valence-electron chi connectivity index (χ2n) is 7.07. The van der Waals surface area contributed by atoms with Gasteiger partial charge in [-0.05, 0) is 66.7 Å². The van der Waals surface area contributed by atoms with E-state index in [-0.39, 0.29) is 5.76 Å². The summed E-state index contributed by atoms with van der Waals surface area (Å²) >= 11 is 24.5. The fourth-order valence-corrected chi connectivity index (χ4v) is 4.09. The number of halogens is 4. The Morgan fingerprint density at radius 2 is 1.58 bits per heavy atom. The molecule has 164 valence electrons. The van der Waals surface area contributed by atoms with Gasteiger partial charge in [-0.15, -0.1) is 0 Å². The van der Waals surface area contributed by atoms with Crippen molar-refractivity contribution in [2.45, 2.75) is 0 Å². The maximum atomic E-state index is 12.8. The number of anilines is 1. The van der Waals surface area contributed by atoms with Crippen molar-refractivity contribution in [1.29, 1.82) is 0 Å². The van der Waals surface area contributed by atoms with Crippen molar-refractivity contribution in [2.75, 3.05) is 5.32 Å². The number of hydrogen-bond acceptors (Lipinski definition) is 4. The minimum atomic E-state index is -0.477. The van der Waals surface area contributed by atoms with Crippen molar-refractivity contribution in [3.05, 3.63) is 92.6 Å². The number of aromatic nitrogens is 1. The lowest BCUT2D eigenvalue weighted by atomic mass is 10.2. The number of nitrogens with zero attached hydrogens (tertiary/aromatic N) is 1. The molecule has 2 heterocycles. The van der Waals surface area contributed by atoms with Crippen LogP contribution in [0, 0.1) is 0 Å². The van der Waals surface area contributed by atoms with E-state index in [2.05, 4.69) is 10.3 Å². The van der Waals surface area contributed by atoms with Gasteiger partial charge in [0, 0.05) is 21.2 Å². The number of amides is 1. The quantitative estimate of drug-likeness (QED) is 0.259. The molecule has 1 amide bonds. The van der Waals surface area contributed by atoms with Crippen LogP contribution < -0.4 is 5.32 Å². The maximum Gasteiger partial charge on any atom is 0.291 e. The lowest BCUT2D eigenvalue weighted by molar-refractivity contribution is 0.0997. The molecular weight excluding hydrogens is 506 g/mol. The van der Waals surface area contributed by atoms with E-state index < -0.39 is 5.91 Å². The first-order valence-electron chi connectivity index (χ1n) is 9.60. The van der Waals surface area contributed by atoms with Crippen LogP contribution >= 0.6 is 46.4 Å². The Labute approximate surface area is 207 Å². The lowest BCUT2D eigenvalue weighted by Crippen LogP contribution is -2.11. The van der Waals surface area contributed by atoms with E-state index in [0.29, 0.717) is 59.7 Å². The van der Waals surface area contributed by atoms with E-state index in [4.69, 9.17) is 55.2 Å². The van der Waals surface area contributed by atoms with Crippen LogP contribution in [0.2, 0.25) is 20.1 Å². The second kappa shape index (κ2) is 8.76. The molecule has 0 aliphatic rings. The van der Waals surface area contributed by atoms with E-state index in [0.717, 1.165) is 0 Å². The first kappa shape index (κ1) is 21.9. The molecule has 5 aromatic rings. The number of hydrogen-bond donors (Lipinski definition) is 1. The summed E-state index contributed by atoms with van der Waals surface area (Å²) in [6.45, 7) is 0. The van der Waals surface area contributed by atoms with Gasteiger partial charge in [0.1, 0.15) is 11.3 Å². The minimum absolute atomic E-state index is 0.0917. The van der Waals surface area contributed by atoms with Crippen LogP contribution in [0.3, 0.4) is 0 Å². The van der Waals surface area contributed by atoms with Gasteiger partial charge in [0.25, 0.3) is 5.91 Å². The molecule has 5 nitrogen and oxygen atoms in total. The van der Waals surface area contributed by atoms with Gasteiger partial charge in [-0.2, -0.15) is 0 Å². The van der Waals surface area contributed by atoms with Crippen molar-refractivity contribution in [1.82, 2.24) is 4.98 Å². The van der Waals surface area contributed by atoms with Gasteiger partial charge < -0.3 is 14.2 Å². The Balaban J connectivity index is 1.41. The van der Waals surface area contributed by atoms with Crippen LogP contribution in [0.25, 0.3) is 33.9 Å². The molecule has 3 aromatic carbocycles. The first-order valence-corrected chi connectivity index (χ1v) is 11.1. The van der Waals surface area contributed by atoms with E-state index in [1.807, 2.05) is 0 Å². The zero-order valence-corrected chi connectivity index (χ0v) is 19.6. The summed E-state index contributed by atoms with van der Waals surface area (Å²) in [6, 6.07) is 18.5. The third-order valence-corrected chi connectivity index (χ3v) is 5.95. The van der Waals surface area contributed by atoms with Crippen molar-refractivity contribution >= 4 is 69.1 Å². The average Bonchev–Trinajstić information content (AvgIpc) is 3.42. The van der Waals surface area contributed by atoms with Gasteiger partial charge in [0.2, 0.25) is 5.89 Å². The number of carbonyl (C=O) groups is 1. The summed E-state index contributed by atoms with van der Waals surface area (Å²) in [6.07, 6.45) is 0. The molecule has 0 spiro atoms. The van der Waals surface area contributed by atoms with Crippen LogP contribution in [0.1, 0.15) is 10.6 Å². The highest BCUT2D eigenvalue weighted by molar-refractivity contribution is 6.36. The molecule has 0 saturated carbocycles. The Morgan fingerprint density at radius 3 is 2.39 bits per heavy atom. The smallest absolute Gasteiger partial charge is 0.291 e. The highest BCUT2D eigenvalue weighted by Gasteiger charge is 2.17. The zero-order chi connectivity index (χ0) is 23.1. The summed E-state index contributed by atoms with van der Waals surface area (Å²) < 4.78 is 11.5. The third kappa shape index (κ3) is 4.45. The van der Waals surface area contributed by atoms with Crippen molar-refractivity contribution in [2.24, 2.45) is 0 Å². The van der Waals surface area contributed by atoms with Crippen LogP contribution in [-0.4, -0.2) is 10.9 Å². The molecule has 0 aliphatic heterocycles. The standard InChI is InChI=1S/C24H12Cl4N2O3/c25-13-2-4-15(17(28)10-13)20-7-8-22(32-20)23(31)29-18-9-12(1-5-16(18)27)24-30-19-11-14(26)3-6-21(19)33-24/h1-11H,(H,29,31). The Morgan fingerprint density at radius 1 is 0.788 bits per heavy atom. The second-order valence-corrected chi connectivity index (χ2v) is 8.76. The molecular formula is C24H12Cl4N2O3. The Bertz CT molecular complexity index is 1520. The lowest BCUT2D eigenvalue weighted by Gasteiger charge is -2.07.